The Kier molecular flexibility index (Phi) is 5.25. The zero-order valence-electron chi connectivity index (χ0n) is 23.5. The fourth-order valence-electron chi connectivity index (χ4n) is 6.61. The van der Waals surface area contributed by atoms with Gasteiger partial charge in [0.2, 0.25) is 9.84 Å². The highest BCUT2D eigenvalue weighted by atomic mass is 32.2. The Bertz CT molecular complexity index is 2570. The molecule has 7 aromatic carbocycles. The molecule has 0 N–H and O–H groups in total. The molecule has 0 radical (unpaired) electrons. The third-order valence-electron chi connectivity index (χ3n) is 8.70. The second-order valence-electron chi connectivity index (χ2n) is 11.3. The maximum atomic E-state index is 14.3. The monoisotopic (exact) mass is 584 g/mol. The van der Waals surface area contributed by atoms with Crippen LogP contribution in [0.15, 0.2) is 155 Å². The number of sulfone groups is 1. The average molecular weight is 585 g/mol. The molecule has 9 rings (SSSR count). The minimum Gasteiger partial charge on any atom is -0.290 e. The van der Waals surface area contributed by atoms with Crippen molar-refractivity contribution in [3.05, 3.63) is 146 Å². The van der Waals surface area contributed by atoms with Crippen LogP contribution in [0.25, 0.3) is 71.9 Å². The predicted molar refractivity (Wildman–Crippen MR) is 178 cm³/mol. The SMILES string of the molecule is O=S1(=O)c2c(-c3ccc4cc(-c5ccc6ccccc6c5)ccc4c3)cccc2-n2c(-c3ccccc3)nc3cccc1c32. The van der Waals surface area contributed by atoms with Gasteiger partial charge in [0, 0.05) is 11.1 Å². The van der Waals surface area contributed by atoms with Crippen LogP contribution in [-0.2, 0) is 9.84 Å². The van der Waals surface area contributed by atoms with E-state index in [0.29, 0.717) is 27.2 Å². The molecule has 0 saturated carbocycles. The minimum atomic E-state index is -3.83. The van der Waals surface area contributed by atoms with Gasteiger partial charge in [-0.15, -0.1) is 0 Å². The van der Waals surface area contributed by atoms with Gasteiger partial charge in [0.15, 0.2) is 0 Å². The first-order valence-corrected chi connectivity index (χ1v) is 16.0. The summed E-state index contributed by atoms with van der Waals surface area (Å²) in [5.41, 5.74) is 6.67. The van der Waals surface area contributed by atoms with E-state index in [4.69, 9.17) is 4.98 Å². The zero-order chi connectivity index (χ0) is 29.4. The number of para-hydroxylation sites is 1. The van der Waals surface area contributed by atoms with Crippen molar-refractivity contribution in [1.82, 2.24) is 9.55 Å². The van der Waals surface area contributed by atoms with Crippen LogP contribution >= 0.6 is 0 Å². The molecule has 0 amide bonds. The normalized spacial score (nSPS) is 13.4. The van der Waals surface area contributed by atoms with E-state index < -0.39 is 9.84 Å². The number of nitrogens with zero attached hydrogens (tertiary/aromatic N) is 2. The topological polar surface area (TPSA) is 52.0 Å². The summed E-state index contributed by atoms with van der Waals surface area (Å²) in [6, 6.07) is 48.6. The summed E-state index contributed by atoms with van der Waals surface area (Å²) in [4.78, 5) is 5.50. The van der Waals surface area contributed by atoms with Crippen molar-refractivity contribution in [2.45, 2.75) is 9.79 Å². The molecule has 5 heteroatoms. The Morgan fingerprint density at radius 1 is 0.500 bits per heavy atom. The molecule has 0 atom stereocenters. The van der Waals surface area contributed by atoms with Gasteiger partial charge in [0.1, 0.15) is 10.7 Å². The highest BCUT2D eigenvalue weighted by Crippen LogP contribution is 2.45. The molecule has 0 saturated heterocycles. The van der Waals surface area contributed by atoms with E-state index in [1.807, 2.05) is 65.2 Å². The first-order valence-electron chi connectivity index (χ1n) is 14.5. The lowest BCUT2D eigenvalue weighted by molar-refractivity contribution is 0.595. The van der Waals surface area contributed by atoms with Crippen molar-refractivity contribution in [2.75, 3.05) is 0 Å². The molecule has 4 nitrogen and oxygen atoms in total. The molecule has 1 aromatic heterocycles. The van der Waals surface area contributed by atoms with E-state index in [9.17, 15) is 8.42 Å². The van der Waals surface area contributed by atoms with Crippen LogP contribution in [0.4, 0.5) is 0 Å². The van der Waals surface area contributed by atoms with Crippen LogP contribution in [0.2, 0.25) is 0 Å². The number of hydrogen-bond acceptors (Lipinski definition) is 3. The van der Waals surface area contributed by atoms with Gasteiger partial charge in [-0.25, -0.2) is 13.4 Å². The molecular formula is C39H24N2O2S. The van der Waals surface area contributed by atoms with Crippen LogP contribution in [0, 0.1) is 0 Å². The Morgan fingerprint density at radius 3 is 1.89 bits per heavy atom. The van der Waals surface area contributed by atoms with Gasteiger partial charge in [-0.1, -0.05) is 109 Å². The smallest absolute Gasteiger partial charge is 0.211 e. The summed E-state index contributed by atoms with van der Waals surface area (Å²) in [7, 11) is -3.83. The lowest BCUT2D eigenvalue weighted by Crippen LogP contribution is -2.16. The summed E-state index contributed by atoms with van der Waals surface area (Å²) in [5, 5.41) is 4.58. The Balaban J connectivity index is 1.22. The molecule has 44 heavy (non-hydrogen) atoms. The number of imidazole rings is 1. The Morgan fingerprint density at radius 2 is 1.11 bits per heavy atom. The third kappa shape index (κ3) is 3.63. The molecule has 0 aliphatic carbocycles. The van der Waals surface area contributed by atoms with E-state index in [-0.39, 0.29) is 4.90 Å². The highest BCUT2D eigenvalue weighted by Gasteiger charge is 2.35. The van der Waals surface area contributed by atoms with Crippen molar-refractivity contribution < 1.29 is 8.42 Å². The van der Waals surface area contributed by atoms with Crippen LogP contribution in [-0.4, -0.2) is 18.0 Å². The lowest BCUT2D eigenvalue weighted by atomic mass is 9.96. The zero-order valence-corrected chi connectivity index (χ0v) is 24.3. The third-order valence-corrected chi connectivity index (χ3v) is 10.6. The van der Waals surface area contributed by atoms with Gasteiger partial charge in [0.05, 0.1) is 21.6 Å². The van der Waals surface area contributed by atoms with Crippen molar-refractivity contribution >= 4 is 42.4 Å². The van der Waals surface area contributed by atoms with Gasteiger partial charge < -0.3 is 0 Å². The van der Waals surface area contributed by atoms with Gasteiger partial charge in [-0.3, -0.25) is 4.57 Å². The summed E-state index contributed by atoms with van der Waals surface area (Å²) in [5.74, 6) is 0.723. The molecule has 8 aromatic rings. The molecule has 0 fully saturated rings. The molecule has 208 valence electrons. The number of aromatic nitrogens is 2. The van der Waals surface area contributed by atoms with Crippen LogP contribution in [0.1, 0.15) is 0 Å². The van der Waals surface area contributed by atoms with E-state index in [2.05, 4.69) is 72.8 Å². The van der Waals surface area contributed by atoms with Gasteiger partial charge in [0.25, 0.3) is 0 Å². The predicted octanol–water partition coefficient (Wildman–Crippen LogP) is 9.48. The molecule has 2 heterocycles. The number of benzene rings is 7. The van der Waals surface area contributed by atoms with Gasteiger partial charge >= 0.3 is 0 Å². The second kappa shape index (κ2) is 9.24. The largest absolute Gasteiger partial charge is 0.290 e. The fraction of sp³-hybridized carbons (Fsp3) is 0. The number of fused-ring (bicyclic) bond motifs is 4. The minimum absolute atomic E-state index is 0.283. The van der Waals surface area contributed by atoms with Gasteiger partial charge in [-0.05, 0) is 74.6 Å². The standard InChI is InChI=1S/C39H24N2O2S/c42-44(43)36-15-7-13-34-37(36)41(39(40-34)26-9-2-1-3-10-26)35-14-6-12-33(38(35)44)32-21-20-30-23-29(18-19-31(30)24-32)28-17-16-25-8-4-5-11-27(25)22-28/h1-24H. The summed E-state index contributed by atoms with van der Waals surface area (Å²) in [6.07, 6.45) is 0. The molecule has 0 spiro atoms. The molecule has 1 aliphatic rings. The highest BCUT2D eigenvalue weighted by molar-refractivity contribution is 7.92. The van der Waals surface area contributed by atoms with E-state index >= 15 is 0 Å². The first kappa shape index (κ1) is 25.0. The number of hydrogen-bond donors (Lipinski definition) is 0. The molecule has 1 aliphatic heterocycles. The Hall–Kier alpha value is -5.52. The first-order chi connectivity index (χ1) is 21.6. The van der Waals surface area contributed by atoms with Crippen molar-refractivity contribution in [3.8, 4) is 39.3 Å². The van der Waals surface area contributed by atoms with Crippen molar-refractivity contribution in [3.63, 3.8) is 0 Å². The quantitative estimate of drug-likeness (QED) is 0.208. The summed E-state index contributed by atoms with van der Waals surface area (Å²) >= 11 is 0. The van der Waals surface area contributed by atoms with Crippen molar-refractivity contribution in [1.29, 1.82) is 0 Å². The lowest BCUT2D eigenvalue weighted by Gasteiger charge is -2.23. The maximum absolute atomic E-state index is 14.3. The van der Waals surface area contributed by atoms with E-state index in [0.717, 1.165) is 38.9 Å². The van der Waals surface area contributed by atoms with Crippen LogP contribution < -0.4 is 0 Å². The van der Waals surface area contributed by atoms with Crippen LogP contribution in [0.3, 0.4) is 0 Å². The number of rotatable bonds is 3. The molecular weight excluding hydrogens is 561 g/mol. The summed E-state index contributed by atoms with van der Waals surface area (Å²) in [6.45, 7) is 0. The molecule has 0 unspecified atom stereocenters. The van der Waals surface area contributed by atoms with Gasteiger partial charge in [-0.2, -0.15) is 0 Å². The Labute approximate surface area is 254 Å². The second-order valence-corrected chi connectivity index (χ2v) is 13.1. The van der Waals surface area contributed by atoms with E-state index in [1.165, 1.54) is 10.8 Å². The molecule has 0 bridgehead atoms. The van der Waals surface area contributed by atoms with E-state index in [1.54, 1.807) is 12.1 Å². The van der Waals surface area contributed by atoms with Crippen LogP contribution in [0.5, 0.6) is 0 Å². The fourth-order valence-corrected chi connectivity index (χ4v) is 8.45. The average Bonchev–Trinajstić information content (AvgIpc) is 3.47. The maximum Gasteiger partial charge on any atom is 0.211 e. The summed E-state index contributed by atoms with van der Waals surface area (Å²) < 4.78 is 30.7. The van der Waals surface area contributed by atoms with Crippen molar-refractivity contribution in [2.24, 2.45) is 0 Å².